The molecule has 31 heavy (non-hydrogen) atoms. The first-order chi connectivity index (χ1) is 14.5. The summed E-state index contributed by atoms with van der Waals surface area (Å²) < 4.78 is 7.25. The molecule has 0 aliphatic rings. The zero-order valence-corrected chi connectivity index (χ0v) is 21.1. The minimum atomic E-state index is 0. The smallest absolute Gasteiger partial charge is 0.191 e. The minimum Gasteiger partial charge on any atom is -0.496 e. The maximum Gasteiger partial charge on any atom is 0.191 e. The van der Waals surface area contributed by atoms with Gasteiger partial charge in [-0.2, -0.15) is 5.10 Å². The van der Waals surface area contributed by atoms with Crippen molar-refractivity contribution in [3.8, 4) is 11.6 Å². The maximum atomic E-state index is 5.40. The summed E-state index contributed by atoms with van der Waals surface area (Å²) in [5, 5.41) is 11.2. The molecule has 1 aromatic carbocycles. The number of benzene rings is 1. The van der Waals surface area contributed by atoms with E-state index in [0.29, 0.717) is 6.54 Å². The fourth-order valence-electron chi connectivity index (χ4n) is 3.26. The number of aromatic nitrogens is 3. The number of ether oxygens (including phenoxy) is 1. The van der Waals surface area contributed by atoms with Crippen LogP contribution < -0.4 is 15.4 Å². The van der Waals surface area contributed by atoms with E-state index in [0.717, 1.165) is 53.0 Å². The summed E-state index contributed by atoms with van der Waals surface area (Å²) in [6.45, 7) is 7.48. The quantitative estimate of drug-likeness (QED) is 0.275. The lowest BCUT2D eigenvalue weighted by Crippen LogP contribution is -2.37. The van der Waals surface area contributed by atoms with Crippen LogP contribution in [0.25, 0.3) is 5.82 Å². The molecule has 2 aromatic heterocycles. The van der Waals surface area contributed by atoms with Gasteiger partial charge >= 0.3 is 0 Å². The van der Waals surface area contributed by atoms with Crippen molar-refractivity contribution < 1.29 is 4.74 Å². The highest BCUT2D eigenvalue weighted by Gasteiger charge is 2.06. The van der Waals surface area contributed by atoms with E-state index in [1.54, 1.807) is 14.2 Å². The van der Waals surface area contributed by atoms with Gasteiger partial charge in [0.25, 0.3) is 0 Å². The van der Waals surface area contributed by atoms with Crippen molar-refractivity contribution >= 4 is 29.9 Å². The number of guanidine groups is 1. The summed E-state index contributed by atoms with van der Waals surface area (Å²) in [6.07, 6.45) is 2.75. The Morgan fingerprint density at radius 2 is 1.84 bits per heavy atom. The number of nitrogens with one attached hydrogen (secondary N) is 2. The Balaban J connectivity index is 0.00000341. The Hall–Kier alpha value is -2.62. The van der Waals surface area contributed by atoms with E-state index in [1.807, 2.05) is 43.8 Å². The first-order valence-corrected chi connectivity index (χ1v) is 10.1. The SMILES string of the molecule is CN=C(NCCc1ccc(C)c(OC)c1)NCc1ccc(-n2nc(C)cc2C)nc1.I. The van der Waals surface area contributed by atoms with Gasteiger partial charge in [0, 0.05) is 32.0 Å². The molecule has 0 fully saturated rings. The van der Waals surface area contributed by atoms with E-state index in [9.17, 15) is 0 Å². The van der Waals surface area contributed by atoms with Crippen LogP contribution in [0.2, 0.25) is 0 Å². The normalized spacial score (nSPS) is 11.1. The van der Waals surface area contributed by atoms with Gasteiger partial charge in [0.15, 0.2) is 11.8 Å². The van der Waals surface area contributed by atoms with Crippen molar-refractivity contribution in [1.29, 1.82) is 0 Å². The molecule has 0 aliphatic heterocycles. The molecule has 0 unspecified atom stereocenters. The molecule has 166 valence electrons. The number of nitrogens with zero attached hydrogens (tertiary/aromatic N) is 4. The van der Waals surface area contributed by atoms with Crippen molar-refractivity contribution in [2.75, 3.05) is 20.7 Å². The van der Waals surface area contributed by atoms with Gasteiger partial charge in [-0.05, 0) is 62.1 Å². The molecule has 2 heterocycles. The molecule has 0 bridgehead atoms. The van der Waals surface area contributed by atoms with Crippen molar-refractivity contribution in [2.24, 2.45) is 4.99 Å². The third kappa shape index (κ3) is 6.68. The Kier molecular flexibility index (Phi) is 9.29. The van der Waals surface area contributed by atoms with Crippen LogP contribution in [0.3, 0.4) is 0 Å². The van der Waals surface area contributed by atoms with Gasteiger partial charge in [0.05, 0.1) is 12.8 Å². The van der Waals surface area contributed by atoms with Crippen LogP contribution in [-0.2, 0) is 13.0 Å². The van der Waals surface area contributed by atoms with E-state index < -0.39 is 0 Å². The van der Waals surface area contributed by atoms with Crippen molar-refractivity contribution in [3.63, 3.8) is 0 Å². The number of pyridine rings is 1. The van der Waals surface area contributed by atoms with Crippen LogP contribution >= 0.6 is 24.0 Å². The average Bonchev–Trinajstić information content (AvgIpc) is 3.10. The van der Waals surface area contributed by atoms with Crippen LogP contribution in [0.5, 0.6) is 5.75 Å². The van der Waals surface area contributed by atoms with Crippen LogP contribution in [-0.4, -0.2) is 41.4 Å². The van der Waals surface area contributed by atoms with Crippen LogP contribution in [0.4, 0.5) is 0 Å². The Morgan fingerprint density at radius 3 is 2.45 bits per heavy atom. The molecule has 3 rings (SSSR count). The first-order valence-electron chi connectivity index (χ1n) is 10.1. The second-order valence-electron chi connectivity index (χ2n) is 7.27. The predicted octanol–water partition coefficient (Wildman–Crippen LogP) is 3.73. The van der Waals surface area contributed by atoms with Gasteiger partial charge in [-0.3, -0.25) is 4.99 Å². The summed E-state index contributed by atoms with van der Waals surface area (Å²) in [5.74, 6) is 2.50. The Labute approximate surface area is 201 Å². The lowest BCUT2D eigenvalue weighted by atomic mass is 10.1. The summed E-state index contributed by atoms with van der Waals surface area (Å²) in [7, 11) is 3.48. The molecular weight excluding hydrogens is 503 g/mol. The van der Waals surface area contributed by atoms with E-state index >= 15 is 0 Å². The van der Waals surface area contributed by atoms with Gasteiger partial charge in [-0.1, -0.05) is 18.2 Å². The summed E-state index contributed by atoms with van der Waals surface area (Å²) >= 11 is 0. The van der Waals surface area contributed by atoms with Gasteiger partial charge in [-0.15, -0.1) is 24.0 Å². The number of aliphatic imine (C=N–C) groups is 1. The number of hydrogen-bond donors (Lipinski definition) is 2. The number of halogens is 1. The number of methoxy groups -OCH3 is 1. The molecule has 0 aliphatic carbocycles. The van der Waals surface area contributed by atoms with Crippen LogP contribution in [0.1, 0.15) is 28.1 Å². The standard InChI is InChI=1S/C23H30N6O.HI/c1-16-6-7-19(13-21(16)30-5)10-11-25-23(24-4)27-15-20-8-9-22(26-14-20)29-18(3)12-17(2)28-29;/h6-9,12-14H,10-11,15H2,1-5H3,(H2,24,25,27);1H. The molecule has 0 saturated carbocycles. The summed E-state index contributed by atoms with van der Waals surface area (Å²) in [6, 6.07) is 12.4. The molecule has 8 heteroatoms. The van der Waals surface area contributed by atoms with Crippen molar-refractivity contribution in [2.45, 2.75) is 33.7 Å². The third-order valence-corrected chi connectivity index (χ3v) is 4.90. The third-order valence-electron chi connectivity index (χ3n) is 4.90. The molecule has 3 aromatic rings. The number of hydrogen-bond acceptors (Lipinski definition) is 4. The van der Waals surface area contributed by atoms with Crippen molar-refractivity contribution in [3.05, 3.63) is 70.7 Å². The molecule has 0 radical (unpaired) electrons. The van der Waals surface area contributed by atoms with Crippen LogP contribution in [0, 0.1) is 20.8 Å². The molecule has 2 N–H and O–H groups in total. The Bertz CT molecular complexity index is 1010. The van der Waals surface area contributed by atoms with E-state index in [-0.39, 0.29) is 24.0 Å². The van der Waals surface area contributed by atoms with E-state index in [4.69, 9.17) is 4.74 Å². The summed E-state index contributed by atoms with van der Waals surface area (Å²) in [5.41, 5.74) is 5.50. The second kappa shape index (κ2) is 11.7. The van der Waals surface area contributed by atoms with Crippen LogP contribution in [0.15, 0.2) is 47.6 Å². The predicted molar refractivity (Wildman–Crippen MR) is 136 cm³/mol. The highest BCUT2D eigenvalue weighted by atomic mass is 127. The topological polar surface area (TPSA) is 76.4 Å². The zero-order chi connectivity index (χ0) is 21.5. The fraction of sp³-hybridized carbons (Fsp3) is 0.348. The largest absolute Gasteiger partial charge is 0.496 e. The zero-order valence-electron chi connectivity index (χ0n) is 18.8. The maximum absolute atomic E-state index is 5.40. The van der Waals surface area contributed by atoms with Gasteiger partial charge in [0.2, 0.25) is 0 Å². The molecule has 0 saturated heterocycles. The van der Waals surface area contributed by atoms with Gasteiger partial charge < -0.3 is 15.4 Å². The lowest BCUT2D eigenvalue weighted by Gasteiger charge is -2.13. The minimum absolute atomic E-state index is 0. The average molecular weight is 534 g/mol. The van der Waals surface area contributed by atoms with Gasteiger partial charge in [0.1, 0.15) is 5.75 Å². The Morgan fingerprint density at radius 1 is 1.06 bits per heavy atom. The monoisotopic (exact) mass is 534 g/mol. The second-order valence-corrected chi connectivity index (χ2v) is 7.27. The highest BCUT2D eigenvalue weighted by molar-refractivity contribution is 14.0. The first kappa shape index (κ1) is 24.6. The van der Waals surface area contributed by atoms with E-state index in [1.165, 1.54) is 5.56 Å². The molecule has 0 amide bonds. The number of aryl methyl sites for hydroxylation is 3. The summed E-state index contributed by atoms with van der Waals surface area (Å²) in [4.78, 5) is 8.84. The molecule has 0 atom stereocenters. The van der Waals surface area contributed by atoms with E-state index in [2.05, 4.69) is 50.0 Å². The molecule has 7 nitrogen and oxygen atoms in total. The highest BCUT2D eigenvalue weighted by Crippen LogP contribution is 2.19. The van der Waals surface area contributed by atoms with Gasteiger partial charge in [-0.25, -0.2) is 9.67 Å². The fourth-order valence-corrected chi connectivity index (χ4v) is 3.26. The number of rotatable bonds is 7. The van der Waals surface area contributed by atoms with Crippen molar-refractivity contribution in [1.82, 2.24) is 25.4 Å². The molecular formula is C23H31IN6O. The molecule has 0 spiro atoms. The lowest BCUT2D eigenvalue weighted by molar-refractivity contribution is 0.411.